The fourth-order valence-electron chi connectivity index (χ4n) is 3.18. The average Bonchev–Trinajstić information content (AvgIpc) is 2.81. The van der Waals surface area contributed by atoms with E-state index in [1.165, 1.54) is 11.8 Å². The van der Waals surface area contributed by atoms with Crippen LogP contribution in [-0.4, -0.2) is 77.4 Å². The van der Waals surface area contributed by atoms with Crippen molar-refractivity contribution in [2.45, 2.75) is 83.0 Å². The fourth-order valence-corrected chi connectivity index (χ4v) is 3.65. The number of thioether (sulfide) groups is 1. The number of carbonyl (C=O) groups excluding carboxylic acids is 4. The van der Waals surface area contributed by atoms with Gasteiger partial charge in [0.25, 0.3) is 0 Å². The lowest BCUT2D eigenvalue weighted by molar-refractivity contribution is -0.144. The molecule has 5 unspecified atom stereocenters. The van der Waals surface area contributed by atoms with Gasteiger partial charge in [0, 0.05) is 6.42 Å². The third-order valence-electron chi connectivity index (χ3n) is 5.64. The van der Waals surface area contributed by atoms with E-state index in [4.69, 9.17) is 17.2 Å². The standard InChI is InChI=1S/C22H42N6O6S/c1-4-13(2)18(22(33)34)28-21(32)16(10-12-35-3)27-20(31)15(7-5-6-11-23)26-19(30)14(24)8-9-17(25)29/h13-16,18H,4-12,23-24H2,1-3H3,(H2,25,29)(H,26,30)(H,27,31)(H,28,32)(H,33,34). The van der Waals surface area contributed by atoms with Crippen molar-refractivity contribution in [3.8, 4) is 0 Å². The zero-order valence-electron chi connectivity index (χ0n) is 20.9. The van der Waals surface area contributed by atoms with Gasteiger partial charge in [0.2, 0.25) is 23.6 Å². The van der Waals surface area contributed by atoms with E-state index in [0.717, 1.165) is 0 Å². The van der Waals surface area contributed by atoms with Gasteiger partial charge in [-0.3, -0.25) is 19.2 Å². The summed E-state index contributed by atoms with van der Waals surface area (Å²) in [5.74, 6) is -3.32. The maximum absolute atomic E-state index is 13.1. The molecule has 0 aromatic rings. The van der Waals surface area contributed by atoms with Crippen molar-refractivity contribution in [1.82, 2.24) is 16.0 Å². The number of nitrogens with one attached hydrogen (secondary N) is 3. The first-order chi connectivity index (χ1) is 16.5. The molecule has 0 bridgehead atoms. The Hall–Kier alpha value is -2.38. The molecule has 0 aliphatic carbocycles. The van der Waals surface area contributed by atoms with Crippen LogP contribution in [-0.2, 0) is 24.0 Å². The monoisotopic (exact) mass is 518 g/mol. The predicted molar refractivity (Wildman–Crippen MR) is 135 cm³/mol. The molecule has 0 aliphatic rings. The molecule has 202 valence electrons. The Bertz CT molecular complexity index is 710. The second-order valence-electron chi connectivity index (χ2n) is 8.51. The van der Waals surface area contributed by atoms with Crippen LogP contribution in [0.5, 0.6) is 0 Å². The number of hydrogen-bond acceptors (Lipinski definition) is 8. The van der Waals surface area contributed by atoms with Gasteiger partial charge >= 0.3 is 5.97 Å². The summed E-state index contributed by atoms with van der Waals surface area (Å²) in [6.07, 6.45) is 4.05. The number of carboxylic acids is 1. The third kappa shape index (κ3) is 13.3. The van der Waals surface area contributed by atoms with Gasteiger partial charge < -0.3 is 38.3 Å². The third-order valence-corrected chi connectivity index (χ3v) is 6.28. The van der Waals surface area contributed by atoms with Gasteiger partial charge in [0.05, 0.1) is 6.04 Å². The summed E-state index contributed by atoms with van der Waals surface area (Å²) in [7, 11) is 0. The van der Waals surface area contributed by atoms with E-state index in [9.17, 15) is 29.1 Å². The van der Waals surface area contributed by atoms with E-state index in [1.807, 2.05) is 13.2 Å². The number of hydrogen-bond donors (Lipinski definition) is 7. The van der Waals surface area contributed by atoms with Crippen LogP contribution in [0.2, 0.25) is 0 Å². The van der Waals surface area contributed by atoms with Gasteiger partial charge in [0.1, 0.15) is 18.1 Å². The largest absolute Gasteiger partial charge is 0.480 e. The molecule has 0 aliphatic heterocycles. The van der Waals surface area contributed by atoms with Crippen LogP contribution < -0.4 is 33.2 Å². The van der Waals surface area contributed by atoms with Crippen LogP contribution in [0.1, 0.15) is 58.8 Å². The van der Waals surface area contributed by atoms with Gasteiger partial charge in [-0.1, -0.05) is 20.3 Å². The summed E-state index contributed by atoms with van der Waals surface area (Å²) in [4.78, 5) is 61.1. The number of nitrogens with two attached hydrogens (primary N) is 3. The lowest BCUT2D eigenvalue weighted by Gasteiger charge is -2.26. The zero-order valence-corrected chi connectivity index (χ0v) is 21.7. The van der Waals surface area contributed by atoms with Crippen LogP contribution in [0.15, 0.2) is 0 Å². The Morgan fingerprint density at radius 1 is 0.914 bits per heavy atom. The second kappa shape index (κ2) is 18.0. The number of carbonyl (C=O) groups is 5. The molecule has 4 amide bonds. The summed E-state index contributed by atoms with van der Waals surface area (Å²) >= 11 is 1.47. The Labute approximate surface area is 211 Å². The normalized spacial score (nSPS) is 15.2. The molecule has 0 heterocycles. The molecule has 0 fully saturated rings. The van der Waals surface area contributed by atoms with Gasteiger partial charge in [-0.25, -0.2) is 4.79 Å². The van der Waals surface area contributed by atoms with E-state index in [2.05, 4.69) is 16.0 Å². The molecule has 0 rings (SSSR count). The molecule has 0 saturated carbocycles. The van der Waals surface area contributed by atoms with E-state index >= 15 is 0 Å². The van der Waals surface area contributed by atoms with Crippen molar-refractivity contribution in [3.63, 3.8) is 0 Å². The predicted octanol–water partition coefficient (Wildman–Crippen LogP) is -0.954. The molecule has 5 atom stereocenters. The minimum atomic E-state index is -1.15. The van der Waals surface area contributed by atoms with Crippen LogP contribution in [0, 0.1) is 5.92 Å². The number of primary amides is 1. The molecular weight excluding hydrogens is 476 g/mol. The van der Waals surface area contributed by atoms with Crippen molar-refractivity contribution in [2.75, 3.05) is 18.6 Å². The SMILES string of the molecule is CCC(C)C(NC(=O)C(CCSC)NC(=O)C(CCCCN)NC(=O)C(N)CCC(N)=O)C(=O)O. The van der Waals surface area contributed by atoms with Gasteiger partial charge in [0.15, 0.2) is 0 Å². The molecule has 13 heteroatoms. The van der Waals surface area contributed by atoms with Gasteiger partial charge in [-0.15, -0.1) is 0 Å². The van der Waals surface area contributed by atoms with E-state index in [1.54, 1.807) is 6.92 Å². The summed E-state index contributed by atoms with van der Waals surface area (Å²) in [5, 5.41) is 17.3. The summed E-state index contributed by atoms with van der Waals surface area (Å²) in [5.41, 5.74) is 16.4. The molecule has 12 nitrogen and oxygen atoms in total. The maximum Gasteiger partial charge on any atom is 0.326 e. The smallest absolute Gasteiger partial charge is 0.326 e. The Morgan fingerprint density at radius 2 is 1.49 bits per heavy atom. The number of carboxylic acid groups (broad SMARTS) is 1. The van der Waals surface area contributed by atoms with Crippen molar-refractivity contribution >= 4 is 41.4 Å². The number of unbranched alkanes of at least 4 members (excludes halogenated alkanes) is 1. The molecule has 0 saturated heterocycles. The number of rotatable bonds is 19. The average molecular weight is 519 g/mol. The summed E-state index contributed by atoms with van der Waals surface area (Å²) in [6, 6.07) is -4.10. The molecule has 0 spiro atoms. The molecule has 0 aromatic heterocycles. The topological polar surface area (TPSA) is 220 Å². The zero-order chi connectivity index (χ0) is 27.0. The first-order valence-corrected chi connectivity index (χ1v) is 13.2. The number of aliphatic carboxylic acids is 1. The molecule has 0 aromatic carbocycles. The van der Waals surface area contributed by atoms with Gasteiger partial charge in [-0.2, -0.15) is 11.8 Å². The van der Waals surface area contributed by atoms with Crippen molar-refractivity contribution in [3.05, 3.63) is 0 Å². The molecular formula is C22H42N6O6S. The highest BCUT2D eigenvalue weighted by molar-refractivity contribution is 7.98. The number of amides is 4. The molecule has 35 heavy (non-hydrogen) atoms. The van der Waals surface area contributed by atoms with Crippen LogP contribution in [0.4, 0.5) is 0 Å². The maximum atomic E-state index is 13.1. The van der Waals surface area contributed by atoms with Crippen LogP contribution in [0.3, 0.4) is 0 Å². The van der Waals surface area contributed by atoms with Crippen molar-refractivity contribution in [1.29, 1.82) is 0 Å². The Morgan fingerprint density at radius 3 is 2.00 bits per heavy atom. The van der Waals surface area contributed by atoms with Crippen LogP contribution in [0.25, 0.3) is 0 Å². The summed E-state index contributed by atoms with van der Waals surface area (Å²) in [6.45, 7) is 3.95. The quantitative estimate of drug-likeness (QED) is 0.105. The lowest BCUT2D eigenvalue weighted by Crippen LogP contribution is -2.57. The highest BCUT2D eigenvalue weighted by atomic mass is 32.2. The first kappa shape index (κ1) is 32.6. The minimum absolute atomic E-state index is 0.0310. The van der Waals surface area contributed by atoms with E-state index in [0.29, 0.717) is 31.6 Å². The highest BCUT2D eigenvalue weighted by Crippen LogP contribution is 2.10. The van der Waals surface area contributed by atoms with Crippen molar-refractivity contribution < 1.29 is 29.1 Å². The van der Waals surface area contributed by atoms with E-state index in [-0.39, 0.29) is 31.6 Å². The lowest BCUT2D eigenvalue weighted by atomic mass is 9.98. The molecule has 0 radical (unpaired) electrons. The highest BCUT2D eigenvalue weighted by Gasteiger charge is 2.31. The van der Waals surface area contributed by atoms with Crippen LogP contribution >= 0.6 is 11.8 Å². The van der Waals surface area contributed by atoms with Gasteiger partial charge in [-0.05, 0) is 56.6 Å². The van der Waals surface area contributed by atoms with E-state index < -0.39 is 53.8 Å². The van der Waals surface area contributed by atoms with Crippen molar-refractivity contribution in [2.24, 2.45) is 23.1 Å². The summed E-state index contributed by atoms with van der Waals surface area (Å²) < 4.78 is 0. The Balaban J connectivity index is 5.49. The Kier molecular flexibility index (Phi) is 16.7. The molecule has 10 N–H and O–H groups in total. The fraction of sp³-hybridized carbons (Fsp3) is 0.773. The minimum Gasteiger partial charge on any atom is -0.480 e. The first-order valence-electron chi connectivity index (χ1n) is 11.8. The second-order valence-corrected chi connectivity index (χ2v) is 9.50.